The number of aliphatic hydroxyl groups is 1. The number of hydrogen-bond donors (Lipinski definition) is 1. The lowest BCUT2D eigenvalue weighted by Crippen LogP contribution is -1.93. The Balaban J connectivity index is 2.36. The second-order valence-corrected chi connectivity index (χ2v) is 3.15. The summed E-state index contributed by atoms with van der Waals surface area (Å²) in [5, 5.41) is 9.24. The number of hydrogen-bond acceptors (Lipinski definition) is 2. The molecule has 1 atom stereocenters. The minimum absolute atomic E-state index is 0.317. The Morgan fingerprint density at radius 2 is 2.38 bits per heavy atom. The van der Waals surface area contributed by atoms with E-state index in [-0.39, 0.29) is 5.82 Å². The molecule has 0 aliphatic heterocycles. The van der Waals surface area contributed by atoms with Crippen molar-refractivity contribution in [2.75, 3.05) is 0 Å². The van der Waals surface area contributed by atoms with E-state index in [9.17, 15) is 9.50 Å². The van der Waals surface area contributed by atoms with Crippen LogP contribution < -0.4 is 0 Å². The van der Waals surface area contributed by atoms with Crippen molar-refractivity contribution in [3.05, 3.63) is 35.9 Å². The van der Waals surface area contributed by atoms with Gasteiger partial charge in [-0.1, -0.05) is 6.08 Å². The van der Waals surface area contributed by atoms with Crippen molar-refractivity contribution >= 4 is 5.57 Å². The molecule has 0 amide bonds. The molecule has 0 bridgehead atoms. The van der Waals surface area contributed by atoms with Gasteiger partial charge in [0.25, 0.3) is 0 Å². The zero-order chi connectivity index (χ0) is 9.26. The van der Waals surface area contributed by atoms with Gasteiger partial charge in [0.1, 0.15) is 5.82 Å². The van der Waals surface area contributed by atoms with Gasteiger partial charge in [-0.15, -0.1) is 0 Å². The second kappa shape index (κ2) is 3.26. The molecule has 0 radical (unpaired) electrons. The molecule has 2 rings (SSSR count). The van der Waals surface area contributed by atoms with Gasteiger partial charge in [0, 0.05) is 11.8 Å². The summed E-state index contributed by atoms with van der Waals surface area (Å²) in [6.45, 7) is 0. The van der Waals surface area contributed by atoms with Crippen molar-refractivity contribution in [2.24, 2.45) is 0 Å². The van der Waals surface area contributed by atoms with Crippen LogP contribution in [0, 0.1) is 5.82 Å². The first-order valence-electron chi connectivity index (χ1n) is 4.26. The third-order valence-corrected chi connectivity index (χ3v) is 2.22. The molecule has 3 heteroatoms. The highest BCUT2D eigenvalue weighted by atomic mass is 19.1. The molecule has 1 heterocycles. The Hall–Kier alpha value is -1.22. The van der Waals surface area contributed by atoms with E-state index in [1.165, 1.54) is 6.20 Å². The van der Waals surface area contributed by atoms with E-state index in [2.05, 4.69) is 4.98 Å². The second-order valence-electron chi connectivity index (χ2n) is 3.15. The van der Waals surface area contributed by atoms with Gasteiger partial charge in [0.15, 0.2) is 0 Å². The van der Waals surface area contributed by atoms with Gasteiger partial charge < -0.3 is 5.11 Å². The lowest BCUT2D eigenvalue weighted by Gasteiger charge is -2.01. The fraction of sp³-hybridized carbons (Fsp3) is 0.300. The van der Waals surface area contributed by atoms with Crippen LogP contribution in [0.5, 0.6) is 0 Å². The van der Waals surface area contributed by atoms with E-state index in [4.69, 9.17) is 0 Å². The van der Waals surface area contributed by atoms with Gasteiger partial charge in [-0.25, -0.2) is 4.39 Å². The highest BCUT2D eigenvalue weighted by molar-refractivity contribution is 5.67. The molecule has 1 aliphatic carbocycles. The Morgan fingerprint density at radius 3 is 3.00 bits per heavy atom. The molecular formula is C10H10FNO. The van der Waals surface area contributed by atoms with Crippen molar-refractivity contribution in [3.63, 3.8) is 0 Å². The van der Waals surface area contributed by atoms with Gasteiger partial charge in [-0.2, -0.15) is 0 Å². The molecule has 0 spiro atoms. The molecule has 0 saturated carbocycles. The molecule has 1 aliphatic rings. The number of aromatic nitrogens is 1. The van der Waals surface area contributed by atoms with Crippen LogP contribution >= 0.6 is 0 Å². The topological polar surface area (TPSA) is 33.1 Å². The highest BCUT2D eigenvalue weighted by Crippen LogP contribution is 2.28. The van der Waals surface area contributed by atoms with E-state index in [0.717, 1.165) is 12.0 Å². The van der Waals surface area contributed by atoms with Crippen LogP contribution in [0.2, 0.25) is 0 Å². The van der Waals surface area contributed by atoms with Crippen LogP contribution in [0.1, 0.15) is 18.4 Å². The Labute approximate surface area is 75.7 Å². The van der Waals surface area contributed by atoms with Gasteiger partial charge in [0.05, 0.1) is 12.3 Å². The minimum Gasteiger partial charge on any atom is -0.389 e. The van der Waals surface area contributed by atoms with Crippen LogP contribution in [0.3, 0.4) is 0 Å². The fourth-order valence-electron chi connectivity index (χ4n) is 1.56. The summed E-state index contributed by atoms with van der Waals surface area (Å²) < 4.78 is 13.2. The van der Waals surface area contributed by atoms with E-state index in [1.54, 1.807) is 18.3 Å². The summed E-state index contributed by atoms with van der Waals surface area (Å²) in [5.74, 6) is -0.317. The predicted molar refractivity (Wildman–Crippen MR) is 47.4 cm³/mol. The van der Waals surface area contributed by atoms with Gasteiger partial charge >= 0.3 is 0 Å². The number of nitrogens with zero attached hydrogens (tertiary/aromatic N) is 1. The summed E-state index contributed by atoms with van der Waals surface area (Å²) in [6, 6.07) is 1.64. The molecule has 1 unspecified atom stereocenters. The number of allylic oxidation sites excluding steroid dienone is 1. The van der Waals surface area contributed by atoms with Gasteiger partial charge in [-0.3, -0.25) is 4.98 Å². The summed E-state index contributed by atoms with van der Waals surface area (Å²) in [4.78, 5) is 3.67. The summed E-state index contributed by atoms with van der Waals surface area (Å²) in [6.07, 6.45) is 5.48. The first-order chi connectivity index (χ1) is 6.27. The maximum Gasteiger partial charge on any atom is 0.148 e. The number of rotatable bonds is 1. The van der Waals surface area contributed by atoms with Crippen LogP contribution in [0.15, 0.2) is 24.5 Å². The van der Waals surface area contributed by atoms with E-state index in [1.807, 2.05) is 0 Å². The molecular weight excluding hydrogens is 169 g/mol. The van der Waals surface area contributed by atoms with Gasteiger partial charge in [-0.05, 0) is 24.5 Å². The van der Waals surface area contributed by atoms with E-state index >= 15 is 0 Å². The smallest absolute Gasteiger partial charge is 0.148 e. The van der Waals surface area contributed by atoms with Crippen LogP contribution in [0.25, 0.3) is 5.57 Å². The van der Waals surface area contributed by atoms with Crippen LogP contribution in [-0.2, 0) is 0 Å². The van der Waals surface area contributed by atoms with E-state index in [0.29, 0.717) is 12.0 Å². The highest BCUT2D eigenvalue weighted by Gasteiger charge is 2.16. The SMILES string of the molecule is OC1C=C(c2ccncc2F)CC1. The monoisotopic (exact) mass is 179 g/mol. The quantitative estimate of drug-likeness (QED) is 0.712. The average Bonchev–Trinajstić information content (AvgIpc) is 2.53. The molecule has 0 fully saturated rings. The Kier molecular flexibility index (Phi) is 2.10. The third-order valence-electron chi connectivity index (χ3n) is 2.22. The first-order valence-corrected chi connectivity index (χ1v) is 4.26. The van der Waals surface area contributed by atoms with Crippen molar-refractivity contribution < 1.29 is 9.50 Å². The first kappa shape index (κ1) is 8.38. The number of halogens is 1. The van der Waals surface area contributed by atoms with Crippen molar-refractivity contribution in [2.45, 2.75) is 18.9 Å². The van der Waals surface area contributed by atoms with Crippen LogP contribution in [0.4, 0.5) is 4.39 Å². The molecule has 1 N–H and O–H groups in total. The molecule has 1 aromatic rings. The summed E-state index contributed by atoms with van der Waals surface area (Å²) >= 11 is 0. The normalized spacial score (nSPS) is 21.7. The minimum atomic E-state index is -0.414. The zero-order valence-electron chi connectivity index (χ0n) is 7.07. The molecule has 2 nitrogen and oxygen atoms in total. The Morgan fingerprint density at radius 1 is 1.54 bits per heavy atom. The maximum atomic E-state index is 13.2. The molecule has 13 heavy (non-hydrogen) atoms. The lowest BCUT2D eigenvalue weighted by atomic mass is 10.1. The molecule has 0 aromatic carbocycles. The van der Waals surface area contributed by atoms with Crippen molar-refractivity contribution in [3.8, 4) is 0 Å². The van der Waals surface area contributed by atoms with E-state index < -0.39 is 6.10 Å². The largest absolute Gasteiger partial charge is 0.389 e. The zero-order valence-corrected chi connectivity index (χ0v) is 7.07. The Bertz CT molecular complexity index is 349. The van der Waals surface area contributed by atoms with Crippen molar-refractivity contribution in [1.29, 1.82) is 0 Å². The molecule has 1 aromatic heterocycles. The standard InChI is InChI=1S/C10H10FNO/c11-10-6-12-4-3-9(10)7-1-2-8(13)5-7/h3-6,8,13H,1-2H2. The van der Waals surface area contributed by atoms with Crippen LogP contribution in [-0.4, -0.2) is 16.2 Å². The molecule has 68 valence electrons. The number of pyridine rings is 1. The molecule has 0 saturated heterocycles. The average molecular weight is 179 g/mol. The lowest BCUT2D eigenvalue weighted by molar-refractivity contribution is 0.223. The predicted octanol–water partition coefficient (Wildman–Crippen LogP) is 1.76. The maximum absolute atomic E-state index is 13.2. The fourth-order valence-corrected chi connectivity index (χ4v) is 1.56. The third kappa shape index (κ3) is 1.60. The summed E-state index contributed by atoms with van der Waals surface area (Å²) in [5.41, 5.74) is 1.44. The summed E-state index contributed by atoms with van der Waals surface area (Å²) in [7, 11) is 0. The number of aliphatic hydroxyl groups excluding tert-OH is 1. The van der Waals surface area contributed by atoms with Crippen molar-refractivity contribution in [1.82, 2.24) is 4.98 Å². The van der Waals surface area contributed by atoms with Gasteiger partial charge in [0.2, 0.25) is 0 Å².